The molecule has 1 aromatic heterocycles. The molecule has 0 aliphatic heterocycles. The lowest BCUT2D eigenvalue weighted by atomic mass is 10.1. The molecular weight excluding hydrogens is 280 g/mol. The van der Waals surface area contributed by atoms with Gasteiger partial charge in [0.2, 0.25) is 0 Å². The molecule has 5 heteroatoms. The van der Waals surface area contributed by atoms with Crippen molar-refractivity contribution in [3.63, 3.8) is 0 Å². The second-order valence-electron chi connectivity index (χ2n) is 5.22. The quantitative estimate of drug-likeness (QED) is 0.418. The van der Waals surface area contributed by atoms with Crippen LogP contribution in [0.3, 0.4) is 0 Å². The van der Waals surface area contributed by atoms with E-state index in [0.717, 1.165) is 45.1 Å². The van der Waals surface area contributed by atoms with E-state index in [4.69, 9.17) is 0 Å². The van der Waals surface area contributed by atoms with Crippen LogP contribution in [0.4, 0.5) is 0 Å². The zero-order valence-electron chi connectivity index (χ0n) is 13.9. The SMILES string of the molecule is CCN(CC)CCCNC(=NC)NCC(C)c1ccsc1. The minimum absolute atomic E-state index is 0.505. The van der Waals surface area contributed by atoms with Gasteiger partial charge in [0.25, 0.3) is 0 Å². The smallest absolute Gasteiger partial charge is 0.190 e. The predicted octanol–water partition coefficient (Wildman–Crippen LogP) is 2.75. The summed E-state index contributed by atoms with van der Waals surface area (Å²) in [5.41, 5.74) is 1.39. The summed E-state index contributed by atoms with van der Waals surface area (Å²) < 4.78 is 0. The molecule has 0 saturated carbocycles. The maximum absolute atomic E-state index is 4.28. The van der Waals surface area contributed by atoms with Gasteiger partial charge in [0.05, 0.1) is 0 Å². The Hall–Kier alpha value is -1.07. The molecular formula is C16H30N4S. The first-order valence-electron chi connectivity index (χ1n) is 7.90. The van der Waals surface area contributed by atoms with Gasteiger partial charge in [-0.05, 0) is 54.4 Å². The first-order chi connectivity index (χ1) is 10.2. The zero-order chi connectivity index (χ0) is 15.5. The van der Waals surface area contributed by atoms with Crippen LogP contribution in [0.1, 0.15) is 38.7 Å². The normalized spacial score (nSPS) is 13.5. The molecule has 21 heavy (non-hydrogen) atoms. The van der Waals surface area contributed by atoms with E-state index in [1.54, 1.807) is 11.3 Å². The summed E-state index contributed by atoms with van der Waals surface area (Å²) in [6.07, 6.45) is 1.14. The molecule has 0 amide bonds. The van der Waals surface area contributed by atoms with Crippen molar-refractivity contribution in [2.45, 2.75) is 33.1 Å². The molecule has 0 bridgehead atoms. The standard InChI is InChI=1S/C16H30N4S/c1-5-20(6-2)10-7-9-18-16(17-4)19-12-14(3)15-8-11-21-13-15/h8,11,13-14H,5-7,9-10,12H2,1-4H3,(H2,17,18,19). The Morgan fingerprint density at radius 1 is 1.33 bits per heavy atom. The van der Waals surface area contributed by atoms with Crippen LogP contribution in [0.2, 0.25) is 0 Å². The van der Waals surface area contributed by atoms with Crippen LogP contribution in [0.5, 0.6) is 0 Å². The molecule has 1 rings (SSSR count). The summed E-state index contributed by atoms with van der Waals surface area (Å²) in [5.74, 6) is 1.40. The molecule has 120 valence electrons. The van der Waals surface area contributed by atoms with E-state index in [0.29, 0.717) is 5.92 Å². The van der Waals surface area contributed by atoms with Gasteiger partial charge in [0.15, 0.2) is 5.96 Å². The number of rotatable bonds is 9. The fraction of sp³-hybridized carbons (Fsp3) is 0.688. The molecule has 1 aromatic rings. The topological polar surface area (TPSA) is 39.7 Å². The lowest BCUT2D eigenvalue weighted by molar-refractivity contribution is 0.300. The molecule has 1 unspecified atom stereocenters. The molecule has 2 N–H and O–H groups in total. The fourth-order valence-electron chi connectivity index (χ4n) is 2.19. The summed E-state index contributed by atoms with van der Waals surface area (Å²) in [5, 5.41) is 11.1. The van der Waals surface area contributed by atoms with Crippen LogP contribution in [-0.2, 0) is 0 Å². The van der Waals surface area contributed by atoms with Crippen molar-refractivity contribution in [3.05, 3.63) is 22.4 Å². The average Bonchev–Trinajstić information content (AvgIpc) is 3.04. The molecule has 0 aliphatic carbocycles. The van der Waals surface area contributed by atoms with Gasteiger partial charge >= 0.3 is 0 Å². The second kappa shape index (κ2) is 10.6. The third-order valence-electron chi connectivity index (χ3n) is 3.75. The Kier molecular flexibility index (Phi) is 9.10. The van der Waals surface area contributed by atoms with Crippen molar-refractivity contribution in [1.29, 1.82) is 0 Å². The highest BCUT2D eigenvalue weighted by Crippen LogP contribution is 2.16. The van der Waals surface area contributed by atoms with Gasteiger partial charge in [-0.1, -0.05) is 20.8 Å². The summed E-state index contributed by atoms with van der Waals surface area (Å²) in [4.78, 5) is 6.72. The molecule has 0 aliphatic rings. The number of hydrogen-bond donors (Lipinski definition) is 2. The highest BCUT2D eigenvalue weighted by molar-refractivity contribution is 7.07. The summed E-state index contributed by atoms with van der Waals surface area (Å²) in [6.45, 7) is 11.9. The number of nitrogens with one attached hydrogen (secondary N) is 2. The third kappa shape index (κ3) is 6.96. The number of nitrogens with zero attached hydrogens (tertiary/aromatic N) is 2. The monoisotopic (exact) mass is 310 g/mol. The Morgan fingerprint density at radius 3 is 2.67 bits per heavy atom. The summed E-state index contributed by atoms with van der Waals surface area (Å²) >= 11 is 1.75. The van der Waals surface area contributed by atoms with Gasteiger partial charge in [-0.2, -0.15) is 11.3 Å². The number of thiophene rings is 1. The van der Waals surface area contributed by atoms with Crippen molar-refractivity contribution in [1.82, 2.24) is 15.5 Å². The summed E-state index contributed by atoms with van der Waals surface area (Å²) in [7, 11) is 1.83. The van der Waals surface area contributed by atoms with E-state index >= 15 is 0 Å². The third-order valence-corrected chi connectivity index (χ3v) is 4.45. The average molecular weight is 311 g/mol. The van der Waals surface area contributed by atoms with Crippen LogP contribution < -0.4 is 10.6 Å². The number of guanidine groups is 1. The Morgan fingerprint density at radius 2 is 2.10 bits per heavy atom. The van der Waals surface area contributed by atoms with Gasteiger partial charge < -0.3 is 15.5 Å². The highest BCUT2D eigenvalue weighted by atomic mass is 32.1. The summed E-state index contributed by atoms with van der Waals surface area (Å²) in [6, 6.07) is 2.19. The largest absolute Gasteiger partial charge is 0.356 e. The lowest BCUT2D eigenvalue weighted by Gasteiger charge is -2.19. The van der Waals surface area contributed by atoms with Crippen molar-refractivity contribution in [2.75, 3.05) is 39.8 Å². The zero-order valence-corrected chi connectivity index (χ0v) is 14.7. The first kappa shape index (κ1) is 18.0. The van der Waals surface area contributed by atoms with Crippen LogP contribution in [-0.4, -0.2) is 50.6 Å². The number of hydrogen-bond acceptors (Lipinski definition) is 3. The van der Waals surface area contributed by atoms with Crippen LogP contribution in [0.15, 0.2) is 21.8 Å². The van der Waals surface area contributed by atoms with E-state index in [1.165, 1.54) is 5.56 Å². The molecule has 0 fully saturated rings. The van der Waals surface area contributed by atoms with Gasteiger partial charge in [0, 0.05) is 20.1 Å². The van der Waals surface area contributed by atoms with Gasteiger partial charge in [0.1, 0.15) is 0 Å². The van der Waals surface area contributed by atoms with E-state index in [1.807, 2.05) is 7.05 Å². The Balaban J connectivity index is 2.20. The highest BCUT2D eigenvalue weighted by Gasteiger charge is 2.06. The van der Waals surface area contributed by atoms with Crippen molar-refractivity contribution >= 4 is 17.3 Å². The Bertz CT molecular complexity index is 385. The molecule has 0 aromatic carbocycles. The van der Waals surface area contributed by atoms with Crippen molar-refractivity contribution in [2.24, 2.45) is 4.99 Å². The van der Waals surface area contributed by atoms with Gasteiger partial charge in [-0.15, -0.1) is 0 Å². The van der Waals surface area contributed by atoms with Gasteiger partial charge in [-0.25, -0.2) is 0 Å². The Labute approximate surface area is 133 Å². The molecule has 4 nitrogen and oxygen atoms in total. The van der Waals surface area contributed by atoms with Crippen LogP contribution >= 0.6 is 11.3 Å². The van der Waals surface area contributed by atoms with E-state index in [-0.39, 0.29) is 0 Å². The van der Waals surface area contributed by atoms with Crippen LogP contribution in [0, 0.1) is 0 Å². The molecule has 0 radical (unpaired) electrons. The minimum Gasteiger partial charge on any atom is -0.356 e. The maximum Gasteiger partial charge on any atom is 0.190 e. The molecule has 1 atom stereocenters. The fourth-order valence-corrected chi connectivity index (χ4v) is 2.98. The molecule has 1 heterocycles. The maximum atomic E-state index is 4.28. The van der Waals surface area contributed by atoms with E-state index in [2.05, 4.69) is 58.1 Å². The lowest BCUT2D eigenvalue weighted by Crippen LogP contribution is -2.40. The van der Waals surface area contributed by atoms with E-state index in [9.17, 15) is 0 Å². The first-order valence-corrected chi connectivity index (χ1v) is 8.84. The van der Waals surface area contributed by atoms with Gasteiger partial charge in [-0.3, -0.25) is 4.99 Å². The van der Waals surface area contributed by atoms with Crippen LogP contribution in [0.25, 0.3) is 0 Å². The molecule has 0 saturated heterocycles. The second-order valence-corrected chi connectivity index (χ2v) is 6.00. The van der Waals surface area contributed by atoms with Crippen molar-refractivity contribution < 1.29 is 0 Å². The molecule has 0 spiro atoms. The predicted molar refractivity (Wildman–Crippen MR) is 94.5 cm³/mol. The van der Waals surface area contributed by atoms with Crippen molar-refractivity contribution in [3.8, 4) is 0 Å². The number of aliphatic imine (C=N–C) groups is 1. The van der Waals surface area contributed by atoms with E-state index < -0.39 is 0 Å². The minimum atomic E-state index is 0.505.